The molecule has 3 heterocycles. The normalized spacial score (nSPS) is 31.4. The van der Waals surface area contributed by atoms with Crippen LogP contribution in [0.25, 0.3) is 0 Å². The van der Waals surface area contributed by atoms with E-state index in [9.17, 15) is 0 Å². The Morgan fingerprint density at radius 2 is 1.95 bits per heavy atom. The van der Waals surface area contributed by atoms with E-state index in [1.54, 1.807) is 0 Å². The molecule has 19 heavy (non-hydrogen) atoms. The van der Waals surface area contributed by atoms with E-state index in [1.165, 1.54) is 43.9 Å². The third-order valence-electron chi connectivity index (χ3n) is 4.86. The Morgan fingerprint density at radius 1 is 1.21 bits per heavy atom. The SMILES string of the molecule is CNC(Cc1ccccc1C)C1CN2CCN1CC2. The molecule has 2 bridgehead atoms. The quantitative estimate of drug-likeness (QED) is 0.874. The van der Waals surface area contributed by atoms with E-state index < -0.39 is 0 Å². The van der Waals surface area contributed by atoms with E-state index in [2.05, 4.69) is 53.4 Å². The van der Waals surface area contributed by atoms with Crippen molar-refractivity contribution in [3.05, 3.63) is 35.4 Å². The lowest BCUT2D eigenvalue weighted by Gasteiger charge is -2.50. The number of hydrogen-bond donors (Lipinski definition) is 1. The maximum Gasteiger partial charge on any atom is 0.0380 e. The molecule has 3 heteroatoms. The van der Waals surface area contributed by atoms with Crippen molar-refractivity contribution < 1.29 is 0 Å². The third kappa shape index (κ3) is 2.69. The average Bonchev–Trinajstić information content (AvgIpc) is 2.47. The highest BCUT2D eigenvalue weighted by atomic mass is 15.4. The number of fused-ring (bicyclic) bond motifs is 3. The minimum Gasteiger partial charge on any atom is -0.315 e. The zero-order valence-corrected chi connectivity index (χ0v) is 12.1. The second kappa shape index (κ2) is 5.61. The molecule has 3 saturated heterocycles. The van der Waals surface area contributed by atoms with E-state index in [0.29, 0.717) is 12.1 Å². The van der Waals surface area contributed by atoms with Gasteiger partial charge in [-0.2, -0.15) is 0 Å². The standard InChI is InChI=1S/C16H25N3/c1-13-5-3-4-6-14(13)11-15(17-2)16-12-18-7-9-19(16)10-8-18/h3-6,15-17H,7-12H2,1-2H3. The molecule has 3 aliphatic rings. The first-order valence-electron chi connectivity index (χ1n) is 7.46. The van der Waals surface area contributed by atoms with Gasteiger partial charge >= 0.3 is 0 Å². The van der Waals surface area contributed by atoms with Gasteiger partial charge in [-0.05, 0) is 31.5 Å². The molecule has 3 fully saturated rings. The molecule has 0 radical (unpaired) electrons. The van der Waals surface area contributed by atoms with Crippen LogP contribution in [0.15, 0.2) is 24.3 Å². The molecule has 0 aromatic heterocycles. The minimum absolute atomic E-state index is 0.559. The summed E-state index contributed by atoms with van der Waals surface area (Å²) in [6.07, 6.45) is 1.14. The maximum absolute atomic E-state index is 3.56. The number of nitrogens with zero attached hydrogens (tertiary/aromatic N) is 2. The van der Waals surface area contributed by atoms with Crippen LogP contribution >= 0.6 is 0 Å². The molecule has 1 N–H and O–H groups in total. The number of hydrogen-bond acceptors (Lipinski definition) is 3. The summed E-state index contributed by atoms with van der Waals surface area (Å²) in [6, 6.07) is 10.0. The lowest BCUT2D eigenvalue weighted by Crippen LogP contribution is -2.66. The van der Waals surface area contributed by atoms with Gasteiger partial charge < -0.3 is 5.32 Å². The fourth-order valence-corrected chi connectivity index (χ4v) is 3.55. The number of nitrogens with one attached hydrogen (secondary N) is 1. The summed E-state index contributed by atoms with van der Waals surface area (Å²) in [4.78, 5) is 5.30. The highest BCUT2D eigenvalue weighted by molar-refractivity contribution is 5.26. The highest BCUT2D eigenvalue weighted by Gasteiger charge is 2.36. The van der Waals surface area contributed by atoms with Crippen molar-refractivity contribution >= 4 is 0 Å². The predicted octanol–water partition coefficient (Wildman–Crippen LogP) is 1.13. The molecule has 4 rings (SSSR count). The van der Waals surface area contributed by atoms with Crippen LogP contribution in [0.1, 0.15) is 11.1 Å². The van der Waals surface area contributed by atoms with E-state index in [4.69, 9.17) is 0 Å². The molecule has 3 nitrogen and oxygen atoms in total. The van der Waals surface area contributed by atoms with Crippen molar-refractivity contribution in [2.75, 3.05) is 39.8 Å². The maximum atomic E-state index is 3.56. The van der Waals surface area contributed by atoms with Gasteiger partial charge in [0.15, 0.2) is 0 Å². The summed E-state index contributed by atoms with van der Waals surface area (Å²) in [5.41, 5.74) is 2.90. The number of aryl methyl sites for hydroxylation is 1. The van der Waals surface area contributed by atoms with Gasteiger partial charge in [0.1, 0.15) is 0 Å². The van der Waals surface area contributed by atoms with Crippen LogP contribution in [0.4, 0.5) is 0 Å². The molecule has 0 saturated carbocycles. The number of benzene rings is 1. The summed E-state index contributed by atoms with van der Waals surface area (Å²) < 4.78 is 0. The average molecular weight is 259 g/mol. The third-order valence-corrected chi connectivity index (χ3v) is 4.86. The lowest BCUT2D eigenvalue weighted by molar-refractivity contribution is -0.00203. The topological polar surface area (TPSA) is 18.5 Å². The zero-order valence-electron chi connectivity index (χ0n) is 12.1. The summed E-state index contributed by atoms with van der Waals surface area (Å²) in [7, 11) is 2.11. The molecular weight excluding hydrogens is 234 g/mol. The predicted molar refractivity (Wildman–Crippen MR) is 79.5 cm³/mol. The van der Waals surface area contributed by atoms with Crippen LogP contribution < -0.4 is 5.32 Å². The Bertz CT molecular complexity index is 424. The number of rotatable bonds is 4. The van der Waals surface area contributed by atoms with Crippen LogP contribution in [-0.4, -0.2) is 61.7 Å². The lowest BCUT2D eigenvalue weighted by atomic mass is 9.93. The fraction of sp³-hybridized carbons (Fsp3) is 0.625. The van der Waals surface area contributed by atoms with Crippen LogP contribution in [0, 0.1) is 6.92 Å². The first-order chi connectivity index (χ1) is 9.28. The molecule has 3 aliphatic heterocycles. The second-order valence-corrected chi connectivity index (χ2v) is 5.93. The van der Waals surface area contributed by atoms with Crippen molar-refractivity contribution in [3.8, 4) is 0 Å². The van der Waals surface area contributed by atoms with E-state index >= 15 is 0 Å². The molecule has 0 spiro atoms. The Kier molecular flexibility index (Phi) is 3.87. The molecular formula is C16H25N3. The van der Waals surface area contributed by atoms with Crippen LogP contribution in [0.3, 0.4) is 0 Å². The van der Waals surface area contributed by atoms with Crippen molar-refractivity contribution in [2.45, 2.75) is 25.4 Å². The van der Waals surface area contributed by atoms with Crippen LogP contribution in [0.2, 0.25) is 0 Å². The second-order valence-electron chi connectivity index (χ2n) is 5.93. The molecule has 104 valence electrons. The fourth-order valence-electron chi connectivity index (χ4n) is 3.55. The van der Waals surface area contributed by atoms with Crippen molar-refractivity contribution in [1.82, 2.24) is 15.1 Å². The largest absolute Gasteiger partial charge is 0.315 e. The van der Waals surface area contributed by atoms with E-state index in [0.717, 1.165) is 6.42 Å². The van der Waals surface area contributed by atoms with Crippen molar-refractivity contribution in [3.63, 3.8) is 0 Å². The van der Waals surface area contributed by atoms with E-state index in [-0.39, 0.29) is 0 Å². The number of likely N-dealkylation sites (N-methyl/N-ethyl adjacent to an activating group) is 1. The summed E-state index contributed by atoms with van der Waals surface area (Å²) >= 11 is 0. The van der Waals surface area contributed by atoms with Crippen molar-refractivity contribution in [2.24, 2.45) is 0 Å². The highest BCUT2D eigenvalue weighted by Crippen LogP contribution is 2.21. The minimum atomic E-state index is 0.559. The first-order valence-corrected chi connectivity index (χ1v) is 7.46. The summed E-state index contributed by atoms with van der Waals surface area (Å²) in [5.74, 6) is 0. The summed E-state index contributed by atoms with van der Waals surface area (Å²) in [5, 5.41) is 3.56. The first kappa shape index (κ1) is 13.1. The van der Waals surface area contributed by atoms with Gasteiger partial charge in [0.2, 0.25) is 0 Å². The Morgan fingerprint density at radius 3 is 2.53 bits per heavy atom. The molecule has 2 atom stereocenters. The van der Waals surface area contributed by atoms with Crippen LogP contribution in [-0.2, 0) is 6.42 Å². The van der Waals surface area contributed by atoms with Gasteiger partial charge in [-0.1, -0.05) is 24.3 Å². The Hall–Kier alpha value is -0.900. The van der Waals surface area contributed by atoms with Gasteiger partial charge in [-0.15, -0.1) is 0 Å². The van der Waals surface area contributed by atoms with Gasteiger partial charge in [-0.25, -0.2) is 0 Å². The monoisotopic (exact) mass is 259 g/mol. The van der Waals surface area contributed by atoms with Gasteiger partial charge in [0.05, 0.1) is 0 Å². The Labute approximate surface area is 116 Å². The van der Waals surface area contributed by atoms with Gasteiger partial charge in [0.25, 0.3) is 0 Å². The number of piperazine rings is 3. The molecule has 1 aromatic rings. The molecule has 0 aliphatic carbocycles. The van der Waals surface area contributed by atoms with Gasteiger partial charge in [-0.3, -0.25) is 9.80 Å². The molecule has 0 amide bonds. The Balaban J connectivity index is 1.73. The summed E-state index contributed by atoms with van der Waals surface area (Å²) in [6.45, 7) is 8.47. The molecule has 2 unspecified atom stereocenters. The zero-order chi connectivity index (χ0) is 13.2. The smallest absolute Gasteiger partial charge is 0.0380 e. The molecule has 1 aromatic carbocycles. The van der Waals surface area contributed by atoms with E-state index in [1.807, 2.05) is 0 Å². The van der Waals surface area contributed by atoms with Gasteiger partial charge in [0, 0.05) is 44.8 Å². The van der Waals surface area contributed by atoms with Crippen molar-refractivity contribution in [1.29, 1.82) is 0 Å². The van der Waals surface area contributed by atoms with Crippen LogP contribution in [0.5, 0.6) is 0 Å².